The number of methoxy groups -OCH3 is 2. The highest BCUT2D eigenvalue weighted by molar-refractivity contribution is 5.82. The first-order valence-corrected chi connectivity index (χ1v) is 4.33. The van der Waals surface area contributed by atoms with Gasteiger partial charge < -0.3 is 14.3 Å². The van der Waals surface area contributed by atoms with Crippen molar-refractivity contribution in [3.05, 3.63) is 0 Å². The number of rotatable bonds is 5. The molecular weight excluding hydrogens is 202 g/mol. The molecule has 0 radical (unpaired) electrons. The fourth-order valence-electron chi connectivity index (χ4n) is 0.699. The van der Waals surface area contributed by atoms with E-state index in [1.54, 1.807) is 13.8 Å². The SMILES string of the molecule is COC(=O)C[C@@H](ON=C(C)C)C(=O)OC. The molecule has 0 aromatic rings. The van der Waals surface area contributed by atoms with Gasteiger partial charge in [-0.2, -0.15) is 0 Å². The smallest absolute Gasteiger partial charge is 0.350 e. The molecule has 0 rings (SSSR count). The van der Waals surface area contributed by atoms with Gasteiger partial charge in [0.05, 0.1) is 26.4 Å². The van der Waals surface area contributed by atoms with E-state index in [2.05, 4.69) is 14.6 Å². The molecule has 86 valence electrons. The molecule has 0 heterocycles. The number of carbonyl (C=O) groups is 2. The van der Waals surface area contributed by atoms with E-state index >= 15 is 0 Å². The summed E-state index contributed by atoms with van der Waals surface area (Å²) in [5.41, 5.74) is 0.633. The van der Waals surface area contributed by atoms with Gasteiger partial charge in [0.25, 0.3) is 0 Å². The van der Waals surface area contributed by atoms with Crippen molar-refractivity contribution in [2.45, 2.75) is 26.4 Å². The number of ether oxygens (including phenoxy) is 2. The van der Waals surface area contributed by atoms with Crippen molar-refractivity contribution < 1.29 is 23.9 Å². The second-order valence-corrected chi connectivity index (χ2v) is 2.94. The first-order chi connectivity index (χ1) is 7.01. The average Bonchev–Trinajstić information content (AvgIpc) is 2.22. The molecule has 0 bridgehead atoms. The Morgan fingerprint density at radius 3 is 2.20 bits per heavy atom. The lowest BCUT2D eigenvalue weighted by Gasteiger charge is -2.11. The van der Waals surface area contributed by atoms with Crippen molar-refractivity contribution in [3.63, 3.8) is 0 Å². The van der Waals surface area contributed by atoms with Gasteiger partial charge in [0.15, 0.2) is 0 Å². The van der Waals surface area contributed by atoms with Crippen molar-refractivity contribution >= 4 is 17.7 Å². The maximum atomic E-state index is 11.2. The quantitative estimate of drug-likeness (QED) is 0.381. The standard InChI is InChI=1S/C9H15NO5/c1-6(2)10-15-7(9(12)14-4)5-8(11)13-3/h7H,5H2,1-4H3/t7-/m1/s1. The first-order valence-electron chi connectivity index (χ1n) is 4.33. The Balaban J connectivity index is 4.38. The summed E-state index contributed by atoms with van der Waals surface area (Å²) in [5, 5.41) is 3.59. The maximum Gasteiger partial charge on any atom is 0.350 e. The number of nitrogens with zero attached hydrogens (tertiary/aromatic N) is 1. The van der Waals surface area contributed by atoms with Crippen LogP contribution in [0.1, 0.15) is 20.3 Å². The third kappa shape index (κ3) is 5.66. The number of hydrogen-bond acceptors (Lipinski definition) is 6. The largest absolute Gasteiger partial charge is 0.469 e. The molecule has 0 saturated heterocycles. The van der Waals surface area contributed by atoms with Crippen molar-refractivity contribution in [1.29, 1.82) is 0 Å². The highest BCUT2D eigenvalue weighted by Crippen LogP contribution is 2.03. The van der Waals surface area contributed by atoms with Gasteiger partial charge in [-0.1, -0.05) is 5.16 Å². The van der Waals surface area contributed by atoms with Gasteiger partial charge in [0, 0.05) is 0 Å². The van der Waals surface area contributed by atoms with E-state index in [0.717, 1.165) is 0 Å². The van der Waals surface area contributed by atoms with Gasteiger partial charge in [0.2, 0.25) is 6.10 Å². The van der Waals surface area contributed by atoms with Gasteiger partial charge in [-0.25, -0.2) is 4.79 Å². The molecule has 0 aliphatic heterocycles. The van der Waals surface area contributed by atoms with Crippen LogP contribution >= 0.6 is 0 Å². The lowest BCUT2D eigenvalue weighted by atomic mass is 10.2. The van der Waals surface area contributed by atoms with E-state index in [1.165, 1.54) is 14.2 Å². The topological polar surface area (TPSA) is 74.2 Å². The zero-order valence-corrected chi connectivity index (χ0v) is 9.27. The van der Waals surface area contributed by atoms with E-state index < -0.39 is 18.0 Å². The van der Waals surface area contributed by atoms with Crippen LogP contribution in [-0.4, -0.2) is 38.0 Å². The summed E-state index contributed by atoms with van der Waals surface area (Å²) in [4.78, 5) is 26.9. The van der Waals surface area contributed by atoms with E-state index in [-0.39, 0.29) is 6.42 Å². The van der Waals surface area contributed by atoms with Gasteiger partial charge >= 0.3 is 11.9 Å². The van der Waals surface area contributed by atoms with Crippen LogP contribution in [-0.2, 0) is 23.9 Å². The minimum Gasteiger partial charge on any atom is -0.469 e. The first kappa shape index (κ1) is 13.4. The van der Waals surface area contributed by atoms with Crippen LogP contribution in [0.2, 0.25) is 0 Å². The molecule has 0 aliphatic carbocycles. The monoisotopic (exact) mass is 217 g/mol. The number of hydrogen-bond donors (Lipinski definition) is 0. The summed E-state index contributed by atoms with van der Waals surface area (Å²) in [6, 6.07) is 0. The summed E-state index contributed by atoms with van der Waals surface area (Å²) in [6.45, 7) is 3.40. The Labute approximate surface area is 88.2 Å². The third-order valence-electron chi connectivity index (χ3n) is 1.41. The molecule has 0 saturated carbocycles. The van der Waals surface area contributed by atoms with Crippen molar-refractivity contribution in [2.24, 2.45) is 5.16 Å². The molecule has 0 aliphatic rings. The summed E-state index contributed by atoms with van der Waals surface area (Å²) < 4.78 is 8.86. The summed E-state index contributed by atoms with van der Waals surface area (Å²) in [6.07, 6.45) is -1.28. The van der Waals surface area contributed by atoms with Crippen LogP contribution in [0.3, 0.4) is 0 Å². The lowest BCUT2D eigenvalue weighted by molar-refractivity contribution is -0.160. The van der Waals surface area contributed by atoms with Crippen molar-refractivity contribution in [1.82, 2.24) is 0 Å². The Morgan fingerprint density at radius 1 is 1.20 bits per heavy atom. The van der Waals surface area contributed by atoms with Crippen LogP contribution in [0.4, 0.5) is 0 Å². The molecule has 0 aromatic heterocycles. The fraction of sp³-hybridized carbons (Fsp3) is 0.667. The molecule has 0 aromatic carbocycles. The molecular formula is C9H15NO5. The molecule has 6 heteroatoms. The molecule has 6 nitrogen and oxygen atoms in total. The predicted molar refractivity (Wildman–Crippen MR) is 52.3 cm³/mol. The minimum absolute atomic E-state index is 0.222. The Kier molecular flexibility index (Phi) is 6.08. The van der Waals surface area contributed by atoms with Gasteiger partial charge in [-0.15, -0.1) is 0 Å². The molecule has 0 unspecified atom stereocenters. The second-order valence-electron chi connectivity index (χ2n) is 2.94. The average molecular weight is 217 g/mol. The summed E-state index contributed by atoms with van der Waals surface area (Å²) in [5.74, 6) is -1.22. The number of esters is 2. The molecule has 1 atom stereocenters. The van der Waals surface area contributed by atoms with Crippen LogP contribution in [0, 0.1) is 0 Å². The minimum atomic E-state index is -1.06. The van der Waals surface area contributed by atoms with Crippen LogP contribution in [0.15, 0.2) is 5.16 Å². The highest BCUT2D eigenvalue weighted by Gasteiger charge is 2.25. The fourth-order valence-corrected chi connectivity index (χ4v) is 0.699. The zero-order chi connectivity index (χ0) is 11.8. The molecule has 0 fully saturated rings. The lowest BCUT2D eigenvalue weighted by Crippen LogP contribution is -2.27. The van der Waals surface area contributed by atoms with Gasteiger partial charge in [-0.3, -0.25) is 4.79 Å². The summed E-state index contributed by atoms with van der Waals surface area (Å²) >= 11 is 0. The van der Waals surface area contributed by atoms with Crippen LogP contribution < -0.4 is 0 Å². The molecule has 15 heavy (non-hydrogen) atoms. The highest BCUT2D eigenvalue weighted by atomic mass is 16.7. The van der Waals surface area contributed by atoms with Crippen molar-refractivity contribution in [2.75, 3.05) is 14.2 Å². The molecule has 0 amide bonds. The molecule has 0 N–H and O–H groups in total. The van der Waals surface area contributed by atoms with Gasteiger partial charge in [-0.05, 0) is 13.8 Å². The van der Waals surface area contributed by atoms with E-state index in [1.807, 2.05) is 0 Å². The number of oxime groups is 1. The predicted octanol–water partition coefficient (Wildman–Crippen LogP) is 0.503. The van der Waals surface area contributed by atoms with Crippen molar-refractivity contribution in [3.8, 4) is 0 Å². The zero-order valence-electron chi connectivity index (χ0n) is 9.27. The maximum absolute atomic E-state index is 11.2. The normalized spacial score (nSPS) is 11.2. The summed E-state index contributed by atoms with van der Waals surface area (Å²) in [7, 11) is 2.43. The Bertz CT molecular complexity index is 257. The third-order valence-corrected chi connectivity index (χ3v) is 1.41. The van der Waals surface area contributed by atoms with Crippen LogP contribution in [0.5, 0.6) is 0 Å². The van der Waals surface area contributed by atoms with E-state index in [0.29, 0.717) is 5.71 Å². The van der Waals surface area contributed by atoms with E-state index in [4.69, 9.17) is 4.84 Å². The second kappa shape index (κ2) is 6.80. The molecule has 0 spiro atoms. The van der Waals surface area contributed by atoms with Crippen LogP contribution in [0.25, 0.3) is 0 Å². The van der Waals surface area contributed by atoms with Gasteiger partial charge in [0.1, 0.15) is 0 Å². The number of carbonyl (C=O) groups excluding carboxylic acids is 2. The van der Waals surface area contributed by atoms with E-state index in [9.17, 15) is 9.59 Å². The Morgan fingerprint density at radius 2 is 1.80 bits per heavy atom. The Hall–Kier alpha value is -1.59.